The minimum absolute atomic E-state index is 0.0429. The number of nitrogens with one attached hydrogen (secondary N) is 1. The van der Waals surface area contributed by atoms with Crippen LogP contribution in [0, 0.1) is 5.82 Å². The quantitative estimate of drug-likeness (QED) is 0.866. The first kappa shape index (κ1) is 15.6. The normalized spacial score (nSPS) is 13.5. The molecule has 0 amide bonds. The molecule has 0 saturated heterocycles. The van der Waals surface area contributed by atoms with Crippen molar-refractivity contribution >= 4 is 34.9 Å². The van der Waals surface area contributed by atoms with Gasteiger partial charge in [-0.15, -0.1) is 0 Å². The molecule has 3 nitrogen and oxygen atoms in total. The highest BCUT2D eigenvalue weighted by molar-refractivity contribution is 6.32. The number of carboxylic acid groups (broad SMARTS) is 1. The average Bonchev–Trinajstić information content (AvgIpc) is 2.41. The van der Waals surface area contributed by atoms with Crippen molar-refractivity contribution in [2.75, 3.05) is 5.32 Å². The standard InChI is InChI=1S/C15H12Cl2FNO2/c1-15(14(20)21,12-7-4-10(18)8-13(12)17)19-11-5-2-9(16)3-6-11/h2-8,19H,1H3,(H,20,21). The van der Waals surface area contributed by atoms with E-state index in [0.717, 1.165) is 6.07 Å². The van der Waals surface area contributed by atoms with Gasteiger partial charge < -0.3 is 10.4 Å². The summed E-state index contributed by atoms with van der Waals surface area (Å²) in [5.74, 6) is -1.66. The summed E-state index contributed by atoms with van der Waals surface area (Å²) in [6.07, 6.45) is 0. The van der Waals surface area contributed by atoms with Gasteiger partial charge in [-0.05, 0) is 43.3 Å². The Labute approximate surface area is 131 Å². The molecule has 0 saturated carbocycles. The van der Waals surface area contributed by atoms with Crippen LogP contribution in [0.5, 0.6) is 0 Å². The summed E-state index contributed by atoms with van der Waals surface area (Å²) in [4.78, 5) is 11.7. The third-order valence-corrected chi connectivity index (χ3v) is 3.70. The van der Waals surface area contributed by atoms with E-state index in [1.54, 1.807) is 24.3 Å². The number of hydrogen-bond acceptors (Lipinski definition) is 2. The number of carbonyl (C=O) groups is 1. The molecule has 2 aromatic carbocycles. The third-order valence-electron chi connectivity index (χ3n) is 3.14. The Morgan fingerprint density at radius 3 is 2.33 bits per heavy atom. The third kappa shape index (κ3) is 3.28. The summed E-state index contributed by atoms with van der Waals surface area (Å²) in [6, 6.07) is 10.2. The number of benzene rings is 2. The Balaban J connectivity index is 2.45. The van der Waals surface area contributed by atoms with Gasteiger partial charge in [0.2, 0.25) is 0 Å². The molecule has 6 heteroatoms. The molecule has 0 fully saturated rings. The second-order valence-electron chi connectivity index (χ2n) is 4.69. The number of carboxylic acids is 1. The van der Waals surface area contributed by atoms with Crippen molar-refractivity contribution in [1.29, 1.82) is 0 Å². The second-order valence-corrected chi connectivity index (χ2v) is 5.53. The van der Waals surface area contributed by atoms with E-state index in [1.165, 1.54) is 19.1 Å². The SMILES string of the molecule is CC(Nc1ccc(Cl)cc1)(C(=O)O)c1ccc(F)cc1Cl. The van der Waals surface area contributed by atoms with E-state index in [1.807, 2.05) is 0 Å². The molecule has 0 aliphatic heterocycles. The zero-order valence-corrected chi connectivity index (χ0v) is 12.5. The maximum atomic E-state index is 13.1. The van der Waals surface area contributed by atoms with E-state index in [4.69, 9.17) is 23.2 Å². The Bertz CT molecular complexity index is 676. The first-order chi connectivity index (χ1) is 9.83. The molecular weight excluding hydrogens is 316 g/mol. The molecule has 2 N–H and O–H groups in total. The van der Waals surface area contributed by atoms with Crippen molar-refractivity contribution in [1.82, 2.24) is 0 Å². The molecule has 0 aliphatic carbocycles. The topological polar surface area (TPSA) is 49.3 Å². The van der Waals surface area contributed by atoms with Gasteiger partial charge in [-0.1, -0.05) is 29.3 Å². The van der Waals surface area contributed by atoms with Gasteiger partial charge in [0.15, 0.2) is 5.54 Å². The van der Waals surface area contributed by atoms with Gasteiger partial charge >= 0.3 is 5.97 Å². The van der Waals surface area contributed by atoms with Gasteiger partial charge in [0, 0.05) is 21.3 Å². The Kier molecular flexibility index (Phi) is 4.40. The lowest BCUT2D eigenvalue weighted by Gasteiger charge is -2.29. The van der Waals surface area contributed by atoms with Crippen molar-refractivity contribution in [3.05, 3.63) is 63.9 Å². The van der Waals surface area contributed by atoms with E-state index >= 15 is 0 Å². The van der Waals surface area contributed by atoms with Gasteiger partial charge in [-0.25, -0.2) is 9.18 Å². The van der Waals surface area contributed by atoms with E-state index in [2.05, 4.69) is 5.32 Å². The molecule has 0 spiro atoms. The number of aliphatic carboxylic acids is 1. The maximum Gasteiger partial charge on any atom is 0.333 e. The van der Waals surface area contributed by atoms with E-state index < -0.39 is 17.3 Å². The predicted molar refractivity (Wildman–Crippen MR) is 81.5 cm³/mol. The number of halogens is 3. The van der Waals surface area contributed by atoms with Gasteiger partial charge in [-0.3, -0.25) is 0 Å². The summed E-state index contributed by atoms with van der Waals surface area (Å²) in [5.41, 5.74) is -0.670. The van der Waals surface area contributed by atoms with Crippen molar-refractivity contribution in [3.63, 3.8) is 0 Å². The maximum absolute atomic E-state index is 13.1. The Morgan fingerprint density at radius 1 is 1.19 bits per heavy atom. The molecule has 0 aromatic heterocycles. The minimum Gasteiger partial charge on any atom is -0.479 e. The molecule has 1 atom stereocenters. The van der Waals surface area contributed by atoms with E-state index in [9.17, 15) is 14.3 Å². The Morgan fingerprint density at radius 2 is 1.81 bits per heavy atom. The molecule has 0 bridgehead atoms. The highest BCUT2D eigenvalue weighted by Crippen LogP contribution is 2.32. The molecule has 2 aromatic rings. The van der Waals surface area contributed by atoms with Crippen LogP contribution in [0.4, 0.5) is 10.1 Å². The van der Waals surface area contributed by atoms with Crippen LogP contribution in [-0.2, 0) is 10.3 Å². The fraction of sp³-hybridized carbons (Fsp3) is 0.133. The van der Waals surface area contributed by atoms with Crippen LogP contribution >= 0.6 is 23.2 Å². The summed E-state index contributed by atoms with van der Waals surface area (Å²) < 4.78 is 13.1. The van der Waals surface area contributed by atoms with Crippen LogP contribution in [0.1, 0.15) is 12.5 Å². The number of hydrogen-bond donors (Lipinski definition) is 2. The lowest BCUT2D eigenvalue weighted by Crippen LogP contribution is -2.40. The molecular formula is C15H12Cl2FNO2. The predicted octanol–water partition coefficient (Wildman–Crippen LogP) is 4.54. The van der Waals surface area contributed by atoms with Crippen molar-refractivity contribution < 1.29 is 14.3 Å². The van der Waals surface area contributed by atoms with Crippen LogP contribution in [0.15, 0.2) is 42.5 Å². The lowest BCUT2D eigenvalue weighted by molar-refractivity contribution is -0.142. The van der Waals surface area contributed by atoms with Gasteiger partial charge in [0.05, 0.1) is 0 Å². The largest absolute Gasteiger partial charge is 0.479 e. The summed E-state index contributed by atoms with van der Waals surface area (Å²) >= 11 is 11.8. The van der Waals surface area contributed by atoms with Crippen LogP contribution in [0.25, 0.3) is 0 Å². The van der Waals surface area contributed by atoms with Crippen molar-refractivity contribution in [3.8, 4) is 0 Å². The minimum atomic E-state index is -1.50. The molecule has 0 radical (unpaired) electrons. The van der Waals surface area contributed by atoms with Crippen molar-refractivity contribution in [2.45, 2.75) is 12.5 Å². The first-order valence-electron chi connectivity index (χ1n) is 6.05. The smallest absolute Gasteiger partial charge is 0.333 e. The zero-order valence-electron chi connectivity index (χ0n) is 11.0. The molecule has 21 heavy (non-hydrogen) atoms. The number of rotatable bonds is 4. The fourth-order valence-electron chi connectivity index (χ4n) is 1.95. The monoisotopic (exact) mass is 327 g/mol. The van der Waals surface area contributed by atoms with Gasteiger partial charge in [-0.2, -0.15) is 0 Å². The first-order valence-corrected chi connectivity index (χ1v) is 6.81. The van der Waals surface area contributed by atoms with Crippen LogP contribution in [0.2, 0.25) is 10.0 Å². The fourth-order valence-corrected chi connectivity index (χ4v) is 2.44. The molecule has 110 valence electrons. The number of anilines is 1. The summed E-state index contributed by atoms with van der Waals surface area (Å²) in [6.45, 7) is 1.46. The van der Waals surface area contributed by atoms with Crippen LogP contribution in [0.3, 0.4) is 0 Å². The molecule has 0 aliphatic rings. The van der Waals surface area contributed by atoms with E-state index in [0.29, 0.717) is 10.7 Å². The Hall–Kier alpha value is -1.78. The molecule has 0 heterocycles. The molecule has 2 rings (SSSR count). The van der Waals surface area contributed by atoms with Gasteiger partial charge in [0.25, 0.3) is 0 Å². The van der Waals surface area contributed by atoms with E-state index in [-0.39, 0.29) is 10.6 Å². The summed E-state index contributed by atoms with van der Waals surface area (Å²) in [5, 5.41) is 13.0. The zero-order chi connectivity index (χ0) is 15.6. The van der Waals surface area contributed by atoms with Crippen LogP contribution < -0.4 is 5.32 Å². The van der Waals surface area contributed by atoms with Gasteiger partial charge in [0.1, 0.15) is 5.82 Å². The highest BCUT2D eigenvalue weighted by atomic mass is 35.5. The highest BCUT2D eigenvalue weighted by Gasteiger charge is 2.37. The second kappa shape index (κ2) is 5.92. The summed E-state index contributed by atoms with van der Waals surface area (Å²) in [7, 11) is 0. The molecule has 1 unspecified atom stereocenters. The lowest BCUT2D eigenvalue weighted by atomic mass is 9.91. The van der Waals surface area contributed by atoms with Crippen molar-refractivity contribution in [2.24, 2.45) is 0 Å². The van der Waals surface area contributed by atoms with Crippen LogP contribution in [-0.4, -0.2) is 11.1 Å². The average molecular weight is 328 g/mol.